The van der Waals surface area contributed by atoms with E-state index in [1.54, 1.807) is 12.1 Å². The van der Waals surface area contributed by atoms with E-state index in [0.717, 1.165) is 12.8 Å². The summed E-state index contributed by atoms with van der Waals surface area (Å²) in [5.74, 6) is 0.675. The number of hydrogen-bond donors (Lipinski definition) is 1. The van der Waals surface area contributed by atoms with E-state index in [0.29, 0.717) is 23.8 Å². The Bertz CT molecular complexity index is 542. The predicted molar refractivity (Wildman–Crippen MR) is 66.9 cm³/mol. The summed E-state index contributed by atoms with van der Waals surface area (Å²) in [4.78, 5) is 4.13. The minimum Gasteiger partial charge on any atom is -0.481 e. The van der Waals surface area contributed by atoms with E-state index < -0.39 is 5.82 Å². The van der Waals surface area contributed by atoms with Crippen molar-refractivity contribution >= 4 is 0 Å². The molecule has 0 radical (unpaired) electrons. The summed E-state index contributed by atoms with van der Waals surface area (Å²) >= 11 is 0. The highest BCUT2D eigenvalue weighted by molar-refractivity contribution is 5.29. The second-order valence-corrected chi connectivity index (χ2v) is 4.11. The van der Waals surface area contributed by atoms with Crippen LogP contribution in [0, 0.1) is 5.82 Å². The second kappa shape index (κ2) is 6.29. The van der Waals surface area contributed by atoms with Gasteiger partial charge in [-0.3, -0.25) is 0 Å². The number of aryl methyl sites for hydroxylation is 1. The summed E-state index contributed by atoms with van der Waals surface area (Å²) in [7, 11) is 0. The van der Waals surface area contributed by atoms with Crippen LogP contribution in [0.15, 0.2) is 22.7 Å². The van der Waals surface area contributed by atoms with Crippen molar-refractivity contribution in [1.29, 1.82) is 0 Å². The van der Waals surface area contributed by atoms with Crippen LogP contribution in [-0.4, -0.2) is 10.1 Å². The molecule has 0 saturated heterocycles. The number of nitrogens with two attached hydrogens (primary N) is 1. The van der Waals surface area contributed by atoms with Crippen molar-refractivity contribution in [3.63, 3.8) is 0 Å². The first kappa shape index (κ1) is 13.5. The quantitative estimate of drug-likeness (QED) is 0.866. The van der Waals surface area contributed by atoms with Gasteiger partial charge in [0.05, 0.1) is 0 Å². The molecule has 1 aromatic carbocycles. The van der Waals surface area contributed by atoms with Crippen molar-refractivity contribution in [2.45, 2.75) is 32.9 Å². The Morgan fingerprint density at radius 1 is 1.42 bits per heavy atom. The number of rotatable bonds is 6. The van der Waals surface area contributed by atoms with Gasteiger partial charge in [0.15, 0.2) is 24.0 Å². The molecule has 6 heteroatoms. The van der Waals surface area contributed by atoms with Crippen LogP contribution < -0.4 is 10.5 Å². The van der Waals surface area contributed by atoms with Gasteiger partial charge in [-0.2, -0.15) is 4.98 Å². The lowest BCUT2D eigenvalue weighted by Crippen LogP contribution is -2.01. The Balaban J connectivity index is 1.97. The molecule has 0 atom stereocenters. The number of benzene rings is 1. The van der Waals surface area contributed by atoms with Gasteiger partial charge in [-0.25, -0.2) is 4.39 Å². The standard InChI is InChI=1S/C13H16FN3O2/c1-2-3-12-16-13(19-17-12)8-18-11-5-4-9(7-15)6-10(11)14/h4-6H,2-3,7-8,15H2,1H3. The number of aromatic nitrogens is 2. The minimum absolute atomic E-state index is 0.0512. The Kier molecular flexibility index (Phi) is 4.46. The highest BCUT2D eigenvalue weighted by Gasteiger charge is 2.09. The Hall–Kier alpha value is -1.95. The first-order chi connectivity index (χ1) is 9.22. The smallest absolute Gasteiger partial charge is 0.264 e. The lowest BCUT2D eigenvalue weighted by Gasteiger charge is -2.05. The first-order valence-corrected chi connectivity index (χ1v) is 6.15. The Morgan fingerprint density at radius 3 is 2.95 bits per heavy atom. The highest BCUT2D eigenvalue weighted by atomic mass is 19.1. The fraction of sp³-hybridized carbons (Fsp3) is 0.385. The van der Waals surface area contributed by atoms with Crippen LogP contribution in [-0.2, 0) is 19.6 Å². The second-order valence-electron chi connectivity index (χ2n) is 4.11. The minimum atomic E-state index is -0.448. The van der Waals surface area contributed by atoms with Gasteiger partial charge < -0.3 is 15.0 Å². The van der Waals surface area contributed by atoms with Gasteiger partial charge in [-0.1, -0.05) is 18.1 Å². The summed E-state index contributed by atoms with van der Waals surface area (Å²) in [5, 5.41) is 3.79. The molecule has 0 unspecified atom stereocenters. The zero-order valence-corrected chi connectivity index (χ0v) is 10.7. The molecule has 0 saturated carbocycles. The maximum absolute atomic E-state index is 13.6. The van der Waals surface area contributed by atoms with Gasteiger partial charge in [0.2, 0.25) is 0 Å². The Morgan fingerprint density at radius 2 is 2.26 bits per heavy atom. The summed E-state index contributed by atoms with van der Waals surface area (Å²) in [6.45, 7) is 2.37. The zero-order chi connectivity index (χ0) is 13.7. The molecule has 0 bridgehead atoms. The van der Waals surface area contributed by atoms with Crippen molar-refractivity contribution in [2.24, 2.45) is 5.73 Å². The molecule has 0 aliphatic heterocycles. The van der Waals surface area contributed by atoms with Crippen LogP contribution in [0.4, 0.5) is 4.39 Å². The van der Waals surface area contributed by atoms with E-state index in [9.17, 15) is 4.39 Å². The summed E-state index contributed by atoms with van der Waals surface area (Å²) in [6, 6.07) is 4.61. The fourth-order valence-electron chi connectivity index (χ4n) is 1.60. The molecule has 2 aromatic rings. The highest BCUT2D eigenvalue weighted by Crippen LogP contribution is 2.19. The van der Waals surface area contributed by atoms with Crippen LogP contribution in [0.1, 0.15) is 30.6 Å². The predicted octanol–water partition coefficient (Wildman–Crippen LogP) is 2.20. The van der Waals surface area contributed by atoms with E-state index in [4.69, 9.17) is 15.0 Å². The summed E-state index contributed by atoms with van der Waals surface area (Å²) in [6.07, 6.45) is 1.69. The van der Waals surface area contributed by atoms with Gasteiger partial charge in [0.25, 0.3) is 5.89 Å². The van der Waals surface area contributed by atoms with Crippen molar-refractivity contribution in [2.75, 3.05) is 0 Å². The average Bonchev–Trinajstić information content (AvgIpc) is 2.85. The molecule has 0 aliphatic rings. The van der Waals surface area contributed by atoms with Crippen LogP contribution in [0.25, 0.3) is 0 Å². The van der Waals surface area contributed by atoms with Crippen LogP contribution >= 0.6 is 0 Å². The van der Waals surface area contributed by atoms with Crippen molar-refractivity contribution in [3.8, 4) is 5.75 Å². The summed E-state index contributed by atoms with van der Waals surface area (Å²) < 4.78 is 23.9. The summed E-state index contributed by atoms with van der Waals surface area (Å²) in [5.41, 5.74) is 6.14. The number of hydrogen-bond acceptors (Lipinski definition) is 5. The van der Waals surface area contributed by atoms with E-state index in [-0.39, 0.29) is 12.4 Å². The van der Waals surface area contributed by atoms with Crippen LogP contribution in [0.2, 0.25) is 0 Å². The zero-order valence-electron chi connectivity index (χ0n) is 10.7. The number of nitrogens with zero attached hydrogens (tertiary/aromatic N) is 2. The molecule has 1 heterocycles. The van der Waals surface area contributed by atoms with Crippen molar-refractivity contribution in [1.82, 2.24) is 10.1 Å². The molecule has 0 fully saturated rings. The monoisotopic (exact) mass is 265 g/mol. The lowest BCUT2D eigenvalue weighted by molar-refractivity contribution is 0.234. The topological polar surface area (TPSA) is 74.2 Å². The number of halogens is 1. The van der Waals surface area contributed by atoms with Crippen LogP contribution in [0.5, 0.6) is 5.75 Å². The third-order valence-corrected chi connectivity index (χ3v) is 2.57. The molecule has 19 heavy (non-hydrogen) atoms. The molecule has 2 rings (SSSR count). The van der Waals surface area contributed by atoms with E-state index >= 15 is 0 Å². The van der Waals surface area contributed by atoms with Gasteiger partial charge in [0.1, 0.15) is 0 Å². The maximum atomic E-state index is 13.6. The molecule has 0 spiro atoms. The van der Waals surface area contributed by atoms with Gasteiger partial charge >= 0.3 is 0 Å². The van der Waals surface area contributed by atoms with Gasteiger partial charge in [-0.15, -0.1) is 0 Å². The Labute approximate surface area is 110 Å². The molecular weight excluding hydrogens is 249 g/mol. The molecule has 0 aliphatic carbocycles. The third-order valence-electron chi connectivity index (χ3n) is 2.57. The molecule has 2 N–H and O–H groups in total. The molecule has 0 amide bonds. The van der Waals surface area contributed by atoms with Crippen LogP contribution in [0.3, 0.4) is 0 Å². The lowest BCUT2D eigenvalue weighted by atomic mass is 10.2. The van der Waals surface area contributed by atoms with E-state index in [1.807, 2.05) is 6.92 Å². The van der Waals surface area contributed by atoms with Crippen molar-refractivity contribution in [3.05, 3.63) is 41.3 Å². The maximum Gasteiger partial charge on any atom is 0.264 e. The molecule has 1 aromatic heterocycles. The molecule has 102 valence electrons. The average molecular weight is 265 g/mol. The third kappa shape index (κ3) is 3.51. The van der Waals surface area contributed by atoms with E-state index in [1.165, 1.54) is 6.07 Å². The van der Waals surface area contributed by atoms with Gasteiger partial charge in [-0.05, 0) is 24.1 Å². The normalized spacial score (nSPS) is 10.7. The SMILES string of the molecule is CCCc1noc(COc2ccc(CN)cc2F)n1. The fourth-order valence-corrected chi connectivity index (χ4v) is 1.60. The first-order valence-electron chi connectivity index (χ1n) is 6.15. The molecule has 5 nitrogen and oxygen atoms in total. The van der Waals surface area contributed by atoms with Gasteiger partial charge in [0, 0.05) is 13.0 Å². The van der Waals surface area contributed by atoms with E-state index in [2.05, 4.69) is 10.1 Å². The number of ether oxygens (including phenoxy) is 1. The van der Waals surface area contributed by atoms with Crippen molar-refractivity contribution < 1.29 is 13.7 Å². The largest absolute Gasteiger partial charge is 0.481 e. The molecular formula is C13H16FN3O2.